The summed E-state index contributed by atoms with van der Waals surface area (Å²) in [6.07, 6.45) is -0.926. The lowest BCUT2D eigenvalue weighted by Gasteiger charge is -2.10. The molecule has 0 aliphatic carbocycles. The molecule has 0 aliphatic rings. The van der Waals surface area contributed by atoms with Gasteiger partial charge in [-0.15, -0.1) is 0 Å². The monoisotopic (exact) mass is 290 g/mol. The van der Waals surface area contributed by atoms with Crippen LogP contribution in [0.3, 0.4) is 0 Å². The molecule has 2 aromatic rings. The fraction of sp³-hybridized carbons (Fsp3) is 0.143. The van der Waals surface area contributed by atoms with Crippen LogP contribution in [0, 0.1) is 41.8 Å². The summed E-state index contributed by atoms with van der Waals surface area (Å²) in [6, 6.07) is 1.90. The molecule has 0 aliphatic heterocycles. The van der Waals surface area contributed by atoms with Crippen LogP contribution < -0.4 is 0 Å². The van der Waals surface area contributed by atoms with Crippen molar-refractivity contribution in [1.82, 2.24) is 0 Å². The fourth-order valence-corrected chi connectivity index (χ4v) is 1.82. The summed E-state index contributed by atoms with van der Waals surface area (Å²) in [6.45, 7) is 1.15. The summed E-state index contributed by atoms with van der Waals surface area (Å²) in [5.74, 6) is -8.06. The maximum absolute atomic E-state index is 13.6. The lowest BCUT2D eigenvalue weighted by Crippen LogP contribution is -2.06. The Hall–Kier alpha value is -1.98. The van der Waals surface area contributed by atoms with E-state index >= 15 is 0 Å². The average molecular weight is 290 g/mol. The van der Waals surface area contributed by atoms with E-state index in [1.54, 1.807) is 0 Å². The average Bonchev–Trinajstić information content (AvgIpc) is 2.40. The Kier molecular flexibility index (Phi) is 3.74. The molecule has 0 atom stereocenters. The molecule has 0 spiro atoms. The Morgan fingerprint density at radius 1 is 0.700 bits per heavy atom. The third kappa shape index (κ3) is 2.37. The SMILES string of the molecule is Cc1cc(F)c(Cc2c(F)ccc(F)c2F)c(F)c1F. The van der Waals surface area contributed by atoms with E-state index in [2.05, 4.69) is 0 Å². The summed E-state index contributed by atoms with van der Waals surface area (Å²) < 4.78 is 80.4. The van der Waals surface area contributed by atoms with Crippen LogP contribution in [0.25, 0.3) is 0 Å². The van der Waals surface area contributed by atoms with Crippen LogP contribution in [-0.4, -0.2) is 0 Å². The lowest BCUT2D eigenvalue weighted by atomic mass is 10.0. The molecule has 0 saturated carbocycles. The first kappa shape index (κ1) is 14.4. The lowest BCUT2D eigenvalue weighted by molar-refractivity contribution is 0.464. The molecule has 0 bridgehead atoms. The van der Waals surface area contributed by atoms with Crippen molar-refractivity contribution in [1.29, 1.82) is 0 Å². The highest BCUT2D eigenvalue weighted by Crippen LogP contribution is 2.25. The predicted molar refractivity (Wildman–Crippen MR) is 60.2 cm³/mol. The molecule has 2 aromatic carbocycles. The van der Waals surface area contributed by atoms with Crippen molar-refractivity contribution < 1.29 is 26.3 Å². The second kappa shape index (κ2) is 5.19. The normalized spacial score (nSPS) is 10.9. The van der Waals surface area contributed by atoms with E-state index in [1.165, 1.54) is 0 Å². The second-order valence-electron chi connectivity index (χ2n) is 4.28. The molecule has 0 unspecified atom stereocenters. The van der Waals surface area contributed by atoms with Crippen molar-refractivity contribution in [3.63, 3.8) is 0 Å². The van der Waals surface area contributed by atoms with Crippen molar-refractivity contribution in [2.24, 2.45) is 0 Å². The van der Waals surface area contributed by atoms with Gasteiger partial charge in [-0.2, -0.15) is 0 Å². The van der Waals surface area contributed by atoms with Crippen LogP contribution in [0.5, 0.6) is 0 Å². The number of aryl methyl sites for hydroxylation is 1. The van der Waals surface area contributed by atoms with Gasteiger partial charge in [0.05, 0.1) is 0 Å². The van der Waals surface area contributed by atoms with Crippen molar-refractivity contribution in [3.8, 4) is 0 Å². The smallest absolute Gasteiger partial charge is 0.165 e. The van der Waals surface area contributed by atoms with Gasteiger partial charge in [-0.1, -0.05) is 0 Å². The van der Waals surface area contributed by atoms with Crippen LogP contribution >= 0.6 is 0 Å². The molecule has 2 rings (SSSR count). The quantitative estimate of drug-likeness (QED) is 0.567. The largest absolute Gasteiger partial charge is 0.207 e. The molecule has 0 fully saturated rings. The van der Waals surface area contributed by atoms with Crippen LogP contribution in [0.1, 0.15) is 16.7 Å². The minimum Gasteiger partial charge on any atom is -0.207 e. The van der Waals surface area contributed by atoms with Gasteiger partial charge >= 0.3 is 0 Å². The topological polar surface area (TPSA) is 0 Å². The number of benzene rings is 2. The standard InChI is InChI=1S/C14H8F6/c1-6-4-11(17)8(14(20)12(6)18)5-7-9(15)2-3-10(16)13(7)19/h2-4H,5H2,1H3. The van der Waals surface area contributed by atoms with Crippen LogP contribution in [0.4, 0.5) is 26.3 Å². The van der Waals surface area contributed by atoms with Gasteiger partial charge in [0, 0.05) is 17.5 Å². The summed E-state index contributed by atoms with van der Waals surface area (Å²) in [7, 11) is 0. The molecule has 0 aromatic heterocycles. The third-order valence-electron chi connectivity index (χ3n) is 2.93. The molecule has 0 radical (unpaired) electrons. The van der Waals surface area contributed by atoms with E-state index in [0.717, 1.165) is 6.92 Å². The molecule has 0 N–H and O–H groups in total. The molecule has 0 nitrogen and oxygen atoms in total. The number of rotatable bonds is 2. The maximum Gasteiger partial charge on any atom is 0.165 e. The Bertz CT molecular complexity index is 678. The zero-order valence-corrected chi connectivity index (χ0v) is 10.2. The van der Waals surface area contributed by atoms with Crippen molar-refractivity contribution in [2.75, 3.05) is 0 Å². The van der Waals surface area contributed by atoms with Crippen LogP contribution in [0.2, 0.25) is 0 Å². The first-order valence-corrected chi connectivity index (χ1v) is 5.58. The van der Waals surface area contributed by atoms with Crippen LogP contribution in [0.15, 0.2) is 18.2 Å². The van der Waals surface area contributed by atoms with Gasteiger partial charge < -0.3 is 0 Å². The Morgan fingerprint density at radius 3 is 1.90 bits per heavy atom. The van der Waals surface area contributed by atoms with Gasteiger partial charge in [-0.3, -0.25) is 0 Å². The summed E-state index contributed by atoms with van der Waals surface area (Å²) >= 11 is 0. The molecule has 106 valence electrons. The fourth-order valence-electron chi connectivity index (χ4n) is 1.82. The molecule has 0 saturated heterocycles. The van der Waals surface area contributed by atoms with Gasteiger partial charge in [-0.25, -0.2) is 26.3 Å². The van der Waals surface area contributed by atoms with Crippen molar-refractivity contribution in [2.45, 2.75) is 13.3 Å². The van der Waals surface area contributed by atoms with E-state index in [-0.39, 0.29) is 5.56 Å². The highest BCUT2D eigenvalue weighted by molar-refractivity contribution is 5.33. The minimum atomic E-state index is -1.55. The van der Waals surface area contributed by atoms with Gasteiger partial charge in [0.1, 0.15) is 11.6 Å². The van der Waals surface area contributed by atoms with E-state index in [1.807, 2.05) is 0 Å². The molecular weight excluding hydrogens is 282 g/mol. The number of hydrogen-bond acceptors (Lipinski definition) is 0. The maximum atomic E-state index is 13.6. The zero-order chi connectivity index (χ0) is 15.0. The Balaban J connectivity index is 2.57. The number of halogens is 6. The van der Waals surface area contributed by atoms with Gasteiger partial charge in [0.15, 0.2) is 23.3 Å². The summed E-state index contributed by atoms with van der Waals surface area (Å²) in [5, 5.41) is 0. The minimum absolute atomic E-state index is 0.274. The Morgan fingerprint density at radius 2 is 1.25 bits per heavy atom. The molecule has 20 heavy (non-hydrogen) atoms. The molecule has 6 heteroatoms. The summed E-state index contributed by atoms with van der Waals surface area (Å²) in [4.78, 5) is 0. The van der Waals surface area contributed by atoms with E-state index in [4.69, 9.17) is 0 Å². The molecular formula is C14H8F6. The summed E-state index contributed by atoms with van der Waals surface area (Å²) in [5.41, 5.74) is -1.98. The Labute approximate surface area is 110 Å². The molecule has 0 heterocycles. The number of hydrogen-bond donors (Lipinski definition) is 0. The van der Waals surface area contributed by atoms with Gasteiger partial charge in [0.25, 0.3) is 0 Å². The van der Waals surface area contributed by atoms with Gasteiger partial charge in [-0.05, 0) is 30.7 Å². The van der Waals surface area contributed by atoms with Crippen LogP contribution in [-0.2, 0) is 6.42 Å². The third-order valence-corrected chi connectivity index (χ3v) is 2.93. The van der Waals surface area contributed by atoms with Gasteiger partial charge in [0.2, 0.25) is 0 Å². The van der Waals surface area contributed by atoms with E-state index in [0.29, 0.717) is 18.2 Å². The first-order chi connectivity index (χ1) is 9.32. The molecule has 0 amide bonds. The van der Waals surface area contributed by atoms with Crippen molar-refractivity contribution >= 4 is 0 Å². The zero-order valence-electron chi connectivity index (χ0n) is 10.2. The second-order valence-corrected chi connectivity index (χ2v) is 4.28. The van der Waals surface area contributed by atoms with Crippen molar-refractivity contribution in [3.05, 3.63) is 69.8 Å². The first-order valence-electron chi connectivity index (χ1n) is 5.58. The van der Waals surface area contributed by atoms with E-state index in [9.17, 15) is 26.3 Å². The van der Waals surface area contributed by atoms with E-state index < -0.39 is 52.5 Å². The highest BCUT2D eigenvalue weighted by atomic mass is 19.2. The predicted octanol–water partition coefficient (Wildman–Crippen LogP) is 4.42. The highest BCUT2D eigenvalue weighted by Gasteiger charge is 2.21.